The summed E-state index contributed by atoms with van der Waals surface area (Å²) in [6.45, 7) is -0.261. The largest absolute Gasteiger partial charge is 0.504 e. The van der Waals surface area contributed by atoms with Crippen LogP contribution in [0.2, 0.25) is 0 Å². The molecule has 0 bridgehead atoms. The van der Waals surface area contributed by atoms with Crippen molar-refractivity contribution in [3.63, 3.8) is 0 Å². The zero-order valence-electron chi connectivity index (χ0n) is 13.8. The van der Waals surface area contributed by atoms with Crippen molar-refractivity contribution in [3.05, 3.63) is 56.9 Å². The number of aliphatic hydroxyl groups is 2. The van der Waals surface area contributed by atoms with Crippen LogP contribution in [-0.2, 0) is 9.57 Å². The topological polar surface area (TPSA) is 167 Å². The lowest BCUT2D eigenvalue weighted by Crippen LogP contribution is -2.37. The van der Waals surface area contributed by atoms with Gasteiger partial charge in [-0.15, -0.1) is 0 Å². The summed E-state index contributed by atoms with van der Waals surface area (Å²) in [6, 6.07) is 5.38. The molecule has 0 saturated carbocycles. The van der Waals surface area contributed by atoms with Crippen LogP contribution in [0.5, 0.6) is 11.5 Å². The fourth-order valence-electron chi connectivity index (χ4n) is 2.59. The molecule has 144 valence electrons. The second kappa shape index (κ2) is 7.61. The average molecular weight is 379 g/mol. The van der Waals surface area contributed by atoms with Crippen molar-refractivity contribution in [2.45, 2.75) is 24.5 Å². The van der Waals surface area contributed by atoms with E-state index in [1.807, 2.05) is 4.98 Å². The van der Waals surface area contributed by atoms with Crippen molar-refractivity contribution in [2.24, 2.45) is 5.16 Å². The molecule has 1 aliphatic rings. The van der Waals surface area contributed by atoms with E-state index in [4.69, 9.17) is 9.57 Å². The zero-order chi connectivity index (χ0) is 19.6. The zero-order valence-corrected chi connectivity index (χ0v) is 13.8. The van der Waals surface area contributed by atoms with E-state index in [0.717, 1.165) is 23.0 Å². The summed E-state index contributed by atoms with van der Waals surface area (Å²) >= 11 is 0. The van der Waals surface area contributed by atoms with E-state index in [2.05, 4.69) is 5.16 Å². The van der Waals surface area contributed by atoms with Crippen molar-refractivity contribution in [1.82, 2.24) is 9.55 Å². The molecule has 0 spiro atoms. The molecule has 1 aromatic carbocycles. The molecule has 1 aliphatic heterocycles. The van der Waals surface area contributed by atoms with E-state index in [1.165, 1.54) is 18.2 Å². The van der Waals surface area contributed by atoms with Gasteiger partial charge in [0.1, 0.15) is 24.9 Å². The number of nitrogens with one attached hydrogen (secondary N) is 1. The molecule has 3 rings (SSSR count). The molecule has 2 heterocycles. The molecule has 11 nitrogen and oxygen atoms in total. The Morgan fingerprint density at radius 3 is 2.74 bits per heavy atom. The second-order valence-corrected chi connectivity index (χ2v) is 5.81. The predicted octanol–water partition coefficient (Wildman–Crippen LogP) is -1.38. The van der Waals surface area contributed by atoms with Gasteiger partial charge in [0.15, 0.2) is 17.7 Å². The van der Waals surface area contributed by atoms with Crippen LogP contribution in [0.4, 0.5) is 0 Å². The first-order valence-corrected chi connectivity index (χ1v) is 7.88. The molecule has 11 heteroatoms. The number of para-hydroxylation sites is 1. The molecule has 0 radical (unpaired) electrons. The third-order valence-corrected chi connectivity index (χ3v) is 4.01. The fourth-order valence-corrected chi connectivity index (χ4v) is 2.59. The highest BCUT2D eigenvalue weighted by molar-refractivity contribution is 5.84. The summed E-state index contributed by atoms with van der Waals surface area (Å²) in [5, 5.41) is 42.8. The van der Waals surface area contributed by atoms with Crippen LogP contribution in [0.25, 0.3) is 0 Å². The van der Waals surface area contributed by atoms with Gasteiger partial charge in [0, 0.05) is 17.8 Å². The number of aromatic nitrogens is 2. The molecule has 0 aliphatic carbocycles. The minimum absolute atomic E-state index is 0.209. The molecular formula is C16H17N3O8. The monoisotopic (exact) mass is 379 g/mol. The molecule has 27 heavy (non-hydrogen) atoms. The van der Waals surface area contributed by atoms with Gasteiger partial charge in [-0.3, -0.25) is 14.3 Å². The van der Waals surface area contributed by atoms with E-state index in [0.29, 0.717) is 0 Å². The lowest BCUT2D eigenvalue weighted by molar-refractivity contribution is -0.0677. The molecule has 4 unspecified atom stereocenters. The van der Waals surface area contributed by atoms with Crippen LogP contribution in [0.3, 0.4) is 0 Å². The molecule has 5 N–H and O–H groups in total. The standard InChI is InChI=1S/C16H17N3O8/c20-9-3-1-2-8(12(9)22)6-17-26-7-10-13(23)14(24)15(27-10)19-5-4-11(21)18-16(19)25/h1-6,10,13-15,20,22-24H,7H2,(H,18,21,25)/b17-6+. The van der Waals surface area contributed by atoms with Crippen LogP contribution in [0.15, 0.2) is 45.2 Å². The number of hydrogen-bond acceptors (Lipinski definition) is 9. The molecule has 4 atom stereocenters. The van der Waals surface area contributed by atoms with Gasteiger partial charge < -0.3 is 30.0 Å². The molecule has 1 fully saturated rings. The first-order valence-electron chi connectivity index (χ1n) is 7.88. The summed E-state index contributed by atoms with van der Waals surface area (Å²) in [4.78, 5) is 29.9. The molecular weight excluding hydrogens is 362 g/mol. The van der Waals surface area contributed by atoms with Crippen molar-refractivity contribution in [1.29, 1.82) is 0 Å². The fraction of sp³-hybridized carbons (Fsp3) is 0.312. The summed E-state index contributed by atoms with van der Waals surface area (Å²) in [7, 11) is 0. The van der Waals surface area contributed by atoms with Crippen molar-refractivity contribution in [3.8, 4) is 11.5 Å². The van der Waals surface area contributed by atoms with E-state index in [9.17, 15) is 30.0 Å². The van der Waals surface area contributed by atoms with E-state index in [1.54, 1.807) is 0 Å². The number of phenolic OH excluding ortho intramolecular Hbond substituents is 2. The van der Waals surface area contributed by atoms with Crippen molar-refractivity contribution >= 4 is 6.21 Å². The second-order valence-electron chi connectivity index (χ2n) is 5.81. The summed E-state index contributed by atoms with van der Waals surface area (Å²) < 4.78 is 6.39. The van der Waals surface area contributed by atoms with Crippen LogP contribution in [0.1, 0.15) is 11.8 Å². The normalized spacial score (nSPS) is 25.1. The number of aromatic hydroxyl groups is 2. The maximum atomic E-state index is 11.8. The number of aliphatic hydroxyl groups excluding tert-OH is 2. The highest BCUT2D eigenvalue weighted by Crippen LogP contribution is 2.29. The Kier molecular flexibility index (Phi) is 5.26. The summed E-state index contributed by atoms with van der Waals surface area (Å²) in [6.07, 6.45) is -2.71. The van der Waals surface area contributed by atoms with Crippen LogP contribution >= 0.6 is 0 Å². The van der Waals surface area contributed by atoms with E-state index >= 15 is 0 Å². The van der Waals surface area contributed by atoms with E-state index in [-0.39, 0.29) is 23.7 Å². The van der Waals surface area contributed by atoms with Crippen molar-refractivity contribution < 1.29 is 30.0 Å². The number of rotatable bonds is 5. The maximum Gasteiger partial charge on any atom is 0.330 e. The molecule has 1 saturated heterocycles. The minimum Gasteiger partial charge on any atom is -0.504 e. The summed E-state index contributed by atoms with van der Waals surface area (Å²) in [5.41, 5.74) is -1.19. The van der Waals surface area contributed by atoms with Crippen LogP contribution in [0, 0.1) is 0 Å². The third kappa shape index (κ3) is 3.84. The number of H-pyrrole nitrogens is 1. The Labute approximate surface area is 151 Å². The smallest absolute Gasteiger partial charge is 0.330 e. The minimum atomic E-state index is -1.43. The lowest BCUT2D eigenvalue weighted by Gasteiger charge is -2.16. The van der Waals surface area contributed by atoms with Crippen LogP contribution in [-0.4, -0.2) is 61.1 Å². The quantitative estimate of drug-likeness (QED) is 0.241. The molecule has 1 aromatic heterocycles. The Balaban J connectivity index is 1.64. The molecule has 0 amide bonds. The Hall–Kier alpha value is -3.15. The Bertz CT molecular complexity index is 953. The van der Waals surface area contributed by atoms with Gasteiger partial charge in [0.05, 0.1) is 6.21 Å². The number of hydrogen-bond donors (Lipinski definition) is 5. The number of benzene rings is 1. The average Bonchev–Trinajstić information content (AvgIpc) is 2.90. The van der Waals surface area contributed by atoms with Gasteiger partial charge in [-0.25, -0.2) is 4.79 Å². The van der Waals surface area contributed by atoms with Gasteiger partial charge in [-0.1, -0.05) is 11.2 Å². The van der Waals surface area contributed by atoms with Gasteiger partial charge in [-0.05, 0) is 12.1 Å². The Morgan fingerprint density at radius 1 is 1.22 bits per heavy atom. The number of oxime groups is 1. The van der Waals surface area contributed by atoms with Crippen LogP contribution < -0.4 is 11.2 Å². The number of aromatic amines is 1. The van der Waals surface area contributed by atoms with E-state index < -0.39 is 35.8 Å². The lowest BCUT2D eigenvalue weighted by atomic mass is 10.1. The van der Waals surface area contributed by atoms with Gasteiger partial charge >= 0.3 is 5.69 Å². The SMILES string of the molecule is O=c1ccn(C2OC(CO/N=C/c3cccc(O)c3O)C(O)C2O)c(=O)[nH]1. The Morgan fingerprint density at radius 2 is 2.00 bits per heavy atom. The first kappa shape index (κ1) is 18.6. The highest BCUT2D eigenvalue weighted by Gasteiger charge is 2.44. The van der Waals surface area contributed by atoms with Gasteiger partial charge in [0.2, 0.25) is 0 Å². The highest BCUT2D eigenvalue weighted by atomic mass is 16.6. The maximum absolute atomic E-state index is 11.8. The number of ether oxygens (including phenoxy) is 1. The molecule has 2 aromatic rings. The summed E-state index contributed by atoms with van der Waals surface area (Å²) in [5.74, 6) is -0.680. The van der Waals surface area contributed by atoms with Gasteiger partial charge in [0.25, 0.3) is 5.56 Å². The predicted molar refractivity (Wildman–Crippen MR) is 90.6 cm³/mol. The number of nitrogens with zero attached hydrogens (tertiary/aromatic N) is 2. The van der Waals surface area contributed by atoms with Gasteiger partial charge in [-0.2, -0.15) is 0 Å². The number of phenols is 2. The van der Waals surface area contributed by atoms with Crippen molar-refractivity contribution in [2.75, 3.05) is 6.61 Å². The first-order chi connectivity index (χ1) is 12.9. The third-order valence-electron chi connectivity index (χ3n) is 4.01.